The normalized spacial score (nSPS) is 10.6. The van der Waals surface area contributed by atoms with Crippen LogP contribution in [-0.2, 0) is 6.42 Å². The molecule has 0 saturated heterocycles. The average Bonchev–Trinajstić information content (AvgIpc) is 3.24. The van der Waals surface area contributed by atoms with Gasteiger partial charge in [-0.3, -0.25) is 14.7 Å². The van der Waals surface area contributed by atoms with Crippen LogP contribution in [0.15, 0.2) is 83.3 Å². The number of halogens is 2. The highest BCUT2D eigenvalue weighted by atomic mass is 79.9. The van der Waals surface area contributed by atoms with Crippen LogP contribution in [0.2, 0.25) is 5.02 Å². The maximum absolute atomic E-state index is 12.7. The number of aromatic nitrogens is 2. The first kappa shape index (κ1) is 25.5. The molecule has 0 unspecified atom stereocenters. The van der Waals surface area contributed by atoms with Crippen LogP contribution in [0, 0.1) is 0 Å². The topological polar surface area (TPSA) is 90.1 Å². The van der Waals surface area contributed by atoms with Gasteiger partial charge in [0.1, 0.15) is 5.82 Å². The van der Waals surface area contributed by atoms with Crippen molar-refractivity contribution in [2.24, 2.45) is 0 Å². The van der Waals surface area contributed by atoms with Crippen LogP contribution in [0.4, 0.5) is 11.5 Å². The molecule has 1 heterocycles. The molecule has 0 atom stereocenters. The Balaban J connectivity index is 1.34. The Morgan fingerprint density at radius 3 is 2.44 bits per heavy atom. The maximum atomic E-state index is 12.7. The Kier molecular flexibility index (Phi) is 8.40. The minimum Gasteiger partial charge on any atom is -0.373 e. The second-order valence-corrected chi connectivity index (χ2v) is 9.36. The summed E-state index contributed by atoms with van der Waals surface area (Å²) in [5.74, 6) is -0.493. The molecule has 36 heavy (non-hydrogen) atoms. The van der Waals surface area contributed by atoms with E-state index in [-0.39, 0.29) is 17.4 Å². The molecule has 4 aromatic rings. The zero-order chi connectivity index (χ0) is 25.5. The molecular formula is C27H25BrClN5O2. The van der Waals surface area contributed by atoms with Gasteiger partial charge in [-0.25, -0.2) is 0 Å². The summed E-state index contributed by atoms with van der Waals surface area (Å²) in [5.41, 5.74) is 4.04. The highest BCUT2D eigenvalue weighted by molar-refractivity contribution is 9.10. The smallest absolute Gasteiger partial charge is 0.273 e. The molecule has 0 saturated carbocycles. The van der Waals surface area contributed by atoms with Gasteiger partial charge in [-0.05, 0) is 51.7 Å². The van der Waals surface area contributed by atoms with E-state index in [4.69, 9.17) is 11.6 Å². The Morgan fingerprint density at radius 2 is 1.67 bits per heavy atom. The second kappa shape index (κ2) is 11.9. The van der Waals surface area contributed by atoms with Crippen molar-refractivity contribution in [1.29, 1.82) is 0 Å². The lowest BCUT2D eigenvalue weighted by molar-refractivity contribution is 0.0948. The van der Waals surface area contributed by atoms with Crippen molar-refractivity contribution >= 4 is 50.9 Å². The Morgan fingerprint density at radius 1 is 0.972 bits per heavy atom. The predicted molar refractivity (Wildman–Crippen MR) is 147 cm³/mol. The lowest BCUT2D eigenvalue weighted by atomic mass is 10.0. The number of nitrogens with zero attached hydrogens (tertiary/aromatic N) is 2. The number of hydrogen-bond acceptors (Lipinski definition) is 4. The fraction of sp³-hybridized carbons (Fsp3) is 0.148. The van der Waals surface area contributed by atoms with Gasteiger partial charge < -0.3 is 15.5 Å². The van der Waals surface area contributed by atoms with E-state index in [1.54, 1.807) is 24.3 Å². The van der Waals surface area contributed by atoms with E-state index in [0.717, 1.165) is 12.1 Å². The van der Waals surface area contributed by atoms with Gasteiger partial charge in [-0.15, -0.1) is 0 Å². The van der Waals surface area contributed by atoms with Crippen LogP contribution in [0.3, 0.4) is 0 Å². The number of H-pyrrole nitrogens is 1. The van der Waals surface area contributed by atoms with E-state index in [9.17, 15) is 9.59 Å². The Hall–Kier alpha value is -3.62. The van der Waals surface area contributed by atoms with Crippen LogP contribution >= 0.6 is 27.5 Å². The molecule has 0 aliphatic heterocycles. The molecule has 0 aliphatic carbocycles. The van der Waals surface area contributed by atoms with Gasteiger partial charge in [0.15, 0.2) is 5.69 Å². The Bertz CT molecular complexity index is 1360. The van der Waals surface area contributed by atoms with Crippen molar-refractivity contribution < 1.29 is 9.59 Å². The number of likely N-dealkylation sites (N-methyl/N-ethyl adjacent to an activating group) is 1. The van der Waals surface area contributed by atoms with Gasteiger partial charge >= 0.3 is 0 Å². The van der Waals surface area contributed by atoms with Crippen LogP contribution in [0.1, 0.15) is 32.0 Å². The molecule has 0 fully saturated rings. The number of rotatable bonds is 9. The summed E-state index contributed by atoms with van der Waals surface area (Å²) in [6.45, 7) is 1.02. The molecule has 0 radical (unpaired) electrons. The van der Waals surface area contributed by atoms with Crippen molar-refractivity contribution in [3.05, 3.63) is 111 Å². The van der Waals surface area contributed by atoms with Crippen LogP contribution in [0.25, 0.3) is 0 Å². The summed E-state index contributed by atoms with van der Waals surface area (Å²) in [4.78, 5) is 27.4. The van der Waals surface area contributed by atoms with Crippen molar-refractivity contribution in [2.75, 3.05) is 30.4 Å². The number of carbonyl (C=O) groups excluding carboxylic acids is 2. The van der Waals surface area contributed by atoms with E-state index in [1.165, 1.54) is 11.1 Å². The summed E-state index contributed by atoms with van der Waals surface area (Å²) in [5, 5.41) is 12.7. The highest BCUT2D eigenvalue weighted by Crippen LogP contribution is 2.26. The Labute approximate surface area is 223 Å². The molecule has 0 aliphatic rings. The van der Waals surface area contributed by atoms with Crippen molar-refractivity contribution in [2.45, 2.75) is 6.42 Å². The zero-order valence-corrected chi connectivity index (χ0v) is 21.9. The summed E-state index contributed by atoms with van der Waals surface area (Å²) in [7, 11) is 2.00. The first-order chi connectivity index (χ1) is 17.4. The maximum Gasteiger partial charge on any atom is 0.273 e. The second-order valence-electron chi connectivity index (χ2n) is 8.16. The van der Waals surface area contributed by atoms with E-state index in [0.29, 0.717) is 28.1 Å². The number of benzene rings is 3. The lowest BCUT2D eigenvalue weighted by Gasteiger charge is -2.22. The van der Waals surface area contributed by atoms with Crippen molar-refractivity contribution in [3.8, 4) is 0 Å². The fourth-order valence-corrected chi connectivity index (χ4v) is 4.46. The molecule has 0 bridgehead atoms. The van der Waals surface area contributed by atoms with Gasteiger partial charge in [0.05, 0.1) is 15.1 Å². The number of anilines is 2. The lowest BCUT2D eigenvalue weighted by Crippen LogP contribution is -2.33. The third kappa shape index (κ3) is 6.13. The summed E-state index contributed by atoms with van der Waals surface area (Å²) in [6, 6.07) is 25.3. The number of nitrogens with one attached hydrogen (secondary N) is 3. The molecule has 3 N–H and O–H groups in total. The van der Waals surface area contributed by atoms with Gasteiger partial charge in [0.25, 0.3) is 11.8 Å². The standard InChI is InChI=1S/C27H25BrClN5O2/c1-34(22-14-8-5-11-19(22)17-18-9-3-2-4-10-18)16-15-30-27(36)24-23(28)25(33-32-24)31-26(35)20-12-6-7-13-21(20)29/h2-14H,15-17H2,1H3,(H,30,36)(H2,31,32,33,35). The third-order valence-electron chi connectivity index (χ3n) is 5.65. The molecular weight excluding hydrogens is 542 g/mol. The summed E-state index contributed by atoms with van der Waals surface area (Å²) in [6.07, 6.45) is 0.830. The predicted octanol–water partition coefficient (Wildman–Crippen LogP) is 5.53. The zero-order valence-electron chi connectivity index (χ0n) is 19.6. The van der Waals surface area contributed by atoms with E-state index in [1.807, 2.05) is 37.4 Å². The van der Waals surface area contributed by atoms with Crippen LogP contribution in [0.5, 0.6) is 0 Å². The van der Waals surface area contributed by atoms with E-state index in [2.05, 4.69) is 65.9 Å². The van der Waals surface area contributed by atoms with Crippen molar-refractivity contribution in [3.63, 3.8) is 0 Å². The molecule has 4 rings (SSSR count). The van der Waals surface area contributed by atoms with Gasteiger partial charge in [-0.2, -0.15) is 5.10 Å². The molecule has 2 amide bonds. The third-order valence-corrected chi connectivity index (χ3v) is 6.75. The molecule has 7 nitrogen and oxygen atoms in total. The average molecular weight is 567 g/mol. The van der Waals surface area contributed by atoms with E-state index >= 15 is 0 Å². The molecule has 1 aromatic heterocycles. The molecule has 3 aromatic carbocycles. The van der Waals surface area contributed by atoms with E-state index < -0.39 is 5.91 Å². The monoisotopic (exact) mass is 565 g/mol. The molecule has 9 heteroatoms. The largest absolute Gasteiger partial charge is 0.373 e. The minimum absolute atomic E-state index is 0.150. The SMILES string of the molecule is CN(CCNC(=O)c1n[nH]c(NC(=O)c2ccccc2Cl)c1Br)c1ccccc1Cc1ccccc1. The van der Waals surface area contributed by atoms with Crippen LogP contribution in [-0.4, -0.2) is 42.1 Å². The van der Waals surface area contributed by atoms with Gasteiger partial charge in [0.2, 0.25) is 0 Å². The number of aromatic amines is 1. The molecule has 184 valence electrons. The number of hydrogen-bond donors (Lipinski definition) is 3. The first-order valence-corrected chi connectivity index (χ1v) is 12.5. The number of para-hydroxylation sites is 1. The fourth-order valence-electron chi connectivity index (χ4n) is 3.78. The molecule has 0 spiro atoms. The summed E-state index contributed by atoms with van der Waals surface area (Å²) < 4.78 is 0.363. The quantitative estimate of drug-likeness (QED) is 0.248. The first-order valence-electron chi connectivity index (χ1n) is 11.3. The van der Waals surface area contributed by atoms with Gasteiger partial charge in [0, 0.05) is 25.8 Å². The number of amides is 2. The van der Waals surface area contributed by atoms with Crippen LogP contribution < -0.4 is 15.5 Å². The minimum atomic E-state index is -0.410. The highest BCUT2D eigenvalue weighted by Gasteiger charge is 2.20. The summed E-state index contributed by atoms with van der Waals surface area (Å²) >= 11 is 9.45. The number of carbonyl (C=O) groups is 2. The van der Waals surface area contributed by atoms with Gasteiger partial charge in [-0.1, -0.05) is 72.3 Å². The van der Waals surface area contributed by atoms with Crippen molar-refractivity contribution in [1.82, 2.24) is 15.5 Å².